The molecule has 2 atom stereocenters. The van der Waals surface area contributed by atoms with E-state index in [1.165, 1.54) is 6.07 Å². The van der Waals surface area contributed by atoms with E-state index in [1.807, 2.05) is 0 Å². The lowest BCUT2D eigenvalue weighted by molar-refractivity contribution is -0.141. The maximum atomic E-state index is 12.0. The summed E-state index contributed by atoms with van der Waals surface area (Å²) in [5.74, 6) is -1.65. The minimum Gasteiger partial charge on any atom is -0.481 e. The zero-order valence-electron chi connectivity index (χ0n) is 9.77. The Morgan fingerprint density at radius 2 is 2.05 bits per heavy atom. The van der Waals surface area contributed by atoms with Crippen molar-refractivity contribution in [1.82, 2.24) is 15.5 Å². The second-order valence-corrected chi connectivity index (χ2v) is 5.14. The largest absolute Gasteiger partial charge is 0.481 e. The standard InChI is InChI=1S/C11H11Cl2N3O3/c12-8-4-7(9(13)16-15-8)10(17)14-6-2-1-5(3-6)11(18)19/h4-6H,1-3H2,(H,14,17)(H,18,19). The van der Waals surface area contributed by atoms with Gasteiger partial charge in [0.1, 0.15) is 0 Å². The molecule has 6 nitrogen and oxygen atoms in total. The molecule has 102 valence electrons. The van der Waals surface area contributed by atoms with Crippen LogP contribution in [0, 0.1) is 5.92 Å². The van der Waals surface area contributed by atoms with Crippen molar-refractivity contribution in [2.24, 2.45) is 5.92 Å². The number of nitrogens with one attached hydrogen (secondary N) is 1. The van der Waals surface area contributed by atoms with Gasteiger partial charge in [0.25, 0.3) is 5.91 Å². The average molecular weight is 304 g/mol. The van der Waals surface area contributed by atoms with Gasteiger partial charge in [0.15, 0.2) is 10.3 Å². The van der Waals surface area contributed by atoms with Crippen LogP contribution in [0.25, 0.3) is 0 Å². The number of rotatable bonds is 3. The summed E-state index contributed by atoms with van der Waals surface area (Å²) in [5.41, 5.74) is 0.139. The van der Waals surface area contributed by atoms with Crippen molar-refractivity contribution in [2.45, 2.75) is 25.3 Å². The van der Waals surface area contributed by atoms with Crippen molar-refractivity contribution >= 4 is 35.1 Å². The number of aromatic nitrogens is 2. The van der Waals surface area contributed by atoms with Crippen LogP contribution >= 0.6 is 23.2 Å². The first-order chi connectivity index (χ1) is 8.97. The highest BCUT2D eigenvalue weighted by molar-refractivity contribution is 6.34. The zero-order chi connectivity index (χ0) is 14.0. The normalized spacial score (nSPS) is 22.2. The number of halogens is 2. The molecule has 0 spiro atoms. The smallest absolute Gasteiger partial charge is 0.306 e. The van der Waals surface area contributed by atoms with Gasteiger partial charge in [-0.2, -0.15) is 0 Å². The first kappa shape index (κ1) is 14.0. The number of amides is 1. The first-order valence-corrected chi connectivity index (χ1v) is 6.45. The minimum absolute atomic E-state index is 0.0327. The molecule has 19 heavy (non-hydrogen) atoms. The molecule has 1 aliphatic rings. The van der Waals surface area contributed by atoms with Crippen molar-refractivity contribution in [2.75, 3.05) is 0 Å². The highest BCUT2D eigenvalue weighted by atomic mass is 35.5. The minimum atomic E-state index is -0.830. The third-order valence-corrected chi connectivity index (χ3v) is 3.54. The Morgan fingerprint density at radius 3 is 2.68 bits per heavy atom. The fourth-order valence-corrected chi connectivity index (χ4v) is 2.44. The van der Waals surface area contributed by atoms with Crippen molar-refractivity contribution in [3.63, 3.8) is 0 Å². The van der Waals surface area contributed by atoms with Crippen LogP contribution in [-0.2, 0) is 4.79 Å². The Kier molecular flexibility index (Phi) is 4.21. The van der Waals surface area contributed by atoms with Crippen LogP contribution < -0.4 is 5.32 Å². The van der Waals surface area contributed by atoms with Gasteiger partial charge in [-0.3, -0.25) is 9.59 Å². The van der Waals surface area contributed by atoms with Gasteiger partial charge in [-0.05, 0) is 25.3 Å². The van der Waals surface area contributed by atoms with Gasteiger partial charge in [-0.15, -0.1) is 10.2 Å². The molecule has 1 aromatic heterocycles. The summed E-state index contributed by atoms with van der Waals surface area (Å²) in [7, 11) is 0. The Hall–Kier alpha value is -1.40. The molecule has 1 amide bonds. The van der Waals surface area contributed by atoms with E-state index in [1.54, 1.807) is 0 Å². The van der Waals surface area contributed by atoms with Crippen molar-refractivity contribution in [3.05, 3.63) is 21.9 Å². The monoisotopic (exact) mass is 303 g/mol. The van der Waals surface area contributed by atoms with Gasteiger partial charge in [-0.25, -0.2) is 0 Å². The molecular formula is C11H11Cl2N3O3. The van der Waals surface area contributed by atoms with Gasteiger partial charge in [0, 0.05) is 6.04 Å². The average Bonchev–Trinajstić information content (AvgIpc) is 2.80. The fourth-order valence-electron chi connectivity index (χ4n) is 2.11. The van der Waals surface area contributed by atoms with Crippen LogP contribution in [0.1, 0.15) is 29.6 Å². The molecular weight excluding hydrogens is 293 g/mol. The predicted octanol–water partition coefficient (Wildman–Crippen LogP) is 1.77. The second kappa shape index (κ2) is 5.71. The number of aliphatic carboxylic acids is 1. The molecule has 0 aromatic carbocycles. The molecule has 1 aromatic rings. The van der Waals surface area contributed by atoms with Crippen molar-refractivity contribution in [3.8, 4) is 0 Å². The predicted molar refractivity (Wildman–Crippen MR) is 68.3 cm³/mol. The molecule has 1 aliphatic carbocycles. The summed E-state index contributed by atoms with van der Waals surface area (Å²) in [6, 6.07) is 1.16. The van der Waals surface area contributed by atoms with E-state index in [4.69, 9.17) is 28.3 Å². The fraction of sp³-hybridized carbons (Fsp3) is 0.455. The lowest BCUT2D eigenvalue weighted by atomic mass is 10.1. The van der Waals surface area contributed by atoms with Gasteiger partial charge < -0.3 is 10.4 Å². The number of carboxylic acids is 1. The lowest BCUT2D eigenvalue weighted by Crippen LogP contribution is -2.33. The Bertz CT molecular complexity index is 524. The van der Waals surface area contributed by atoms with E-state index in [2.05, 4.69) is 15.5 Å². The third kappa shape index (κ3) is 3.33. The van der Waals surface area contributed by atoms with E-state index in [0.29, 0.717) is 19.3 Å². The molecule has 8 heteroatoms. The van der Waals surface area contributed by atoms with E-state index >= 15 is 0 Å². The number of carbonyl (C=O) groups excluding carboxylic acids is 1. The zero-order valence-corrected chi connectivity index (χ0v) is 11.3. The van der Waals surface area contributed by atoms with E-state index < -0.39 is 17.8 Å². The van der Waals surface area contributed by atoms with Crippen LogP contribution in [0.15, 0.2) is 6.07 Å². The van der Waals surface area contributed by atoms with Gasteiger partial charge >= 0.3 is 5.97 Å². The summed E-state index contributed by atoms with van der Waals surface area (Å²) in [6.07, 6.45) is 1.61. The summed E-state index contributed by atoms with van der Waals surface area (Å²) >= 11 is 11.4. The first-order valence-electron chi connectivity index (χ1n) is 5.69. The molecule has 0 radical (unpaired) electrons. The van der Waals surface area contributed by atoms with Crippen LogP contribution in [0.5, 0.6) is 0 Å². The summed E-state index contributed by atoms with van der Waals surface area (Å²) < 4.78 is 0. The molecule has 2 unspecified atom stereocenters. The summed E-state index contributed by atoms with van der Waals surface area (Å²) in [5, 5.41) is 18.7. The van der Waals surface area contributed by atoms with E-state index in [0.717, 1.165) is 0 Å². The molecule has 0 bridgehead atoms. The van der Waals surface area contributed by atoms with Crippen LogP contribution in [0.2, 0.25) is 10.3 Å². The molecule has 0 saturated heterocycles. The number of hydrogen-bond donors (Lipinski definition) is 2. The van der Waals surface area contributed by atoms with Crippen molar-refractivity contribution in [1.29, 1.82) is 0 Å². The van der Waals surface area contributed by atoms with Gasteiger partial charge in [0.05, 0.1) is 11.5 Å². The highest BCUT2D eigenvalue weighted by Gasteiger charge is 2.31. The number of hydrogen-bond acceptors (Lipinski definition) is 4. The molecule has 0 aliphatic heterocycles. The number of carboxylic acid groups (broad SMARTS) is 1. The maximum Gasteiger partial charge on any atom is 0.306 e. The number of nitrogens with zero attached hydrogens (tertiary/aromatic N) is 2. The molecule has 2 N–H and O–H groups in total. The maximum absolute atomic E-state index is 12.0. The molecule has 1 fully saturated rings. The van der Waals surface area contributed by atoms with Crippen molar-refractivity contribution < 1.29 is 14.7 Å². The van der Waals surface area contributed by atoms with Gasteiger partial charge in [-0.1, -0.05) is 23.2 Å². The Labute approximate surface area is 119 Å². The van der Waals surface area contributed by atoms with E-state index in [9.17, 15) is 9.59 Å². The second-order valence-electron chi connectivity index (χ2n) is 4.39. The molecule has 1 heterocycles. The Balaban J connectivity index is 2.02. The summed E-state index contributed by atoms with van der Waals surface area (Å²) in [4.78, 5) is 22.8. The van der Waals surface area contributed by atoms with Crippen LogP contribution in [0.4, 0.5) is 0 Å². The quantitative estimate of drug-likeness (QED) is 0.888. The SMILES string of the molecule is O=C(NC1CCC(C(=O)O)C1)c1cc(Cl)nnc1Cl. The van der Waals surface area contributed by atoms with Crippen LogP contribution in [0.3, 0.4) is 0 Å². The molecule has 2 rings (SSSR count). The highest BCUT2D eigenvalue weighted by Crippen LogP contribution is 2.26. The summed E-state index contributed by atoms with van der Waals surface area (Å²) in [6.45, 7) is 0. The topological polar surface area (TPSA) is 92.2 Å². The lowest BCUT2D eigenvalue weighted by Gasteiger charge is -2.12. The number of carbonyl (C=O) groups is 2. The third-order valence-electron chi connectivity index (χ3n) is 3.08. The Morgan fingerprint density at radius 1 is 1.32 bits per heavy atom. The molecule has 1 saturated carbocycles. The van der Waals surface area contributed by atoms with Crippen LogP contribution in [-0.4, -0.2) is 33.2 Å². The van der Waals surface area contributed by atoms with Gasteiger partial charge in [0.2, 0.25) is 0 Å². The van der Waals surface area contributed by atoms with E-state index in [-0.39, 0.29) is 21.9 Å².